The molecule has 39 heavy (non-hydrogen) atoms. The molecule has 5 aromatic rings. The van der Waals surface area contributed by atoms with E-state index >= 15 is 0 Å². The highest BCUT2D eigenvalue weighted by atomic mass is 16.5. The Labute approximate surface area is 226 Å². The zero-order valence-corrected chi connectivity index (χ0v) is 22.0. The highest BCUT2D eigenvalue weighted by Gasteiger charge is 2.19. The van der Waals surface area contributed by atoms with Gasteiger partial charge in [0.25, 0.3) is 5.91 Å². The van der Waals surface area contributed by atoms with Gasteiger partial charge in [-0.15, -0.1) is 0 Å². The maximum absolute atomic E-state index is 13.0. The Kier molecular flexibility index (Phi) is 6.73. The molecule has 0 spiro atoms. The second-order valence-corrected chi connectivity index (χ2v) is 9.88. The molecule has 1 saturated heterocycles. The van der Waals surface area contributed by atoms with Crippen molar-refractivity contribution in [1.82, 2.24) is 24.6 Å². The number of benzene rings is 3. The molecule has 0 atom stereocenters. The third-order valence-electron chi connectivity index (χ3n) is 7.17. The van der Waals surface area contributed by atoms with Crippen LogP contribution in [0.3, 0.4) is 0 Å². The summed E-state index contributed by atoms with van der Waals surface area (Å²) in [7, 11) is 3.80. The number of fused-ring (bicyclic) bond motifs is 1. The predicted molar refractivity (Wildman–Crippen MR) is 154 cm³/mol. The summed E-state index contributed by atoms with van der Waals surface area (Å²) in [5.74, 6) is 1.64. The number of aromatic nitrogens is 4. The lowest BCUT2D eigenvalue weighted by Crippen LogP contribution is -2.36. The molecule has 2 aromatic heterocycles. The van der Waals surface area contributed by atoms with Gasteiger partial charge in [0, 0.05) is 29.4 Å². The summed E-state index contributed by atoms with van der Waals surface area (Å²) in [6.07, 6.45) is 2.23. The lowest BCUT2D eigenvalue weighted by molar-refractivity contribution is 0.102. The van der Waals surface area contributed by atoms with Crippen LogP contribution in [0, 0.1) is 0 Å². The molecule has 6 rings (SSSR count). The zero-order chi connectivity index (χ0) is 26.8. The number of amides is 1. The number of H-pyrrole nitrogens is 1. The maximum atomic E-state index is 13.0. The number of imidazole rings is 1. The topological polar surface area (TPSA) is 100 Å². The number of carbonyl (C=O) groups excluding carboxylic acids is 1. The smallest absolute Gasteiger partial charge is 0.256 e. The van der Waals surface area contributed by atoms with Crippen molar-refractivity contribution in [1.29, 1.82) is 0 Å². The number of carbonyl (C=O) groups is 1. The van der Waals surface area contributed by atoms with Gasteiger partial charge in [-0.25, -0.2) is 4.98 Å². The van der Waals surface area contributed by atoms with Gasteiger partial charge in [0.05, 0.1) is 23.8 Å². The monoisotopic (exact) mass is 521 g/mol. The van der Waals surface area contributed by atoms with Crippen LogP contribution in [0.2, 0.25) is 0 Å². The van der Waals surface area contributed by atoms with Gasteiger partial charge < -0.3 is 20.3 Å². The van der Waals surface area contributed by atoms with Gasteiger partial charge in [-0.1, -0.05) is 18.2 Å². The molecule has 3 aromatic carbocycles. The fraction of sp³-hybridized carbons (Fsp3) is 0.233. The Hall–Kier alpha value is -4.63. The van der Waals surface area contributed by atoms with E-state index in [1.807, 2.05) is 77.4 Å². The number of likely N-dealkylation sites (tertiary alicyclic amines) is 1. The summed E-state index contributed by atoms with van der Waals surface area (Å²) in [6, 6.07) is 25.6. The first-order chi connectivity index (χ1) is 19.1. The van der Waals surface area contributed by atoms with Gasteiger partial charge in [-0.2, -0.15) is 5.10 Å². The van der Waals surface area contributed by atoms with Crippen LogP contribution in [0.4, 0.5) is 11.5 Å². The Balaban J connectivity index is 1.21. The van der Waals surface area contributed by atoms with Gasteiger partial charge >= 0.3 is 0 Å². The minimum atomic E-state index is -0.222. The summed E-state index contributed by atoms with van der Waals surface area (Å²) in [6.45, 7) is 2.19. The fourth-order valence-corrected chi connectivity index (χ4v) is 5.01. The third kappa shape index (κ3) is 5.21. The van der Waals surface area contributed by atoms with Crippen molar-refractivity contribution in [2.75, 3.05) is 37.9 Å². The van der Waals surface area contributed by atoms with E-state index in [1.54, 1.807) is 13.2 Å². The van der Waals surface area contributed by atoms with Crippen LogP contribution >= 0.6 is 0 Å². The average Bonchev–Trinajstić information content (AvgIpc) is 3.59. The van der Waals surface area contributed by atoms with E-state index in [0.29, 0.717) is 28.9 Å². The molecule has 1 aliphatic rings. The molecule has 0 aliphatic carbocycles. The minimum Gasteiger partial charge on any atom is -0.497 e. The first kappa shape index (κ1) is 24.7. The largest absolute Gasteiger partial charge is 0.497 e. The molecule has 0 saturated carbocycles. The Morgan fingerprint density at radius 1 is 1.00 bits per heavy atom. The molecule has 9 heteroatoms. The zero-order valence-electron chi connectivity index (χ0n) is 22.0. The van der Waals surface area contributed by atoms with Crippen LogP contribution in [-0.2, 0) is 0 Å². The van der Waals surface area contributed by atoms with Crippen LogP contribution in [0.1, 0.15) is 23.2 Å². The predicted octanol–water partition coefficient (Wildman–Crippen LogP) is 5.18. The first-order valence-electron chi connectivity index (χ1n) is 13.1. The summed E-state index contributed by atoms with van der Waals surface area (Å²) in [4.78, 5) is 20.2. The number of methoxy groups -OCH3 is 1. The second-order valence-electron chi connectivity index (χ2n) is 9.88. The van der Waals surface area contributed by atoms with E-state index in [1.165, 1.54) is 0 Å². The number of nitrogens with one attached hydrogen (secondary N) is 3. The Morgan fingerprint density at radius 2 is 1.79 bits per heavy atom. The normalized spacial score (nSPS) is 14.4. The lowest BCUT2D eigenvalue weighted by atomic mass is 10.0. The molecule has 1 aliphatic heterocycles. The van der Waals surface area contributed by atoms with Crippen LogP contribution < -0.4 is 15.4 Å². The quantitative estimate of drug-likeness (QED) is 0.273. The molecular weight excluding hydrogens is 490 g/mol. The number of anilines is 2. The summed E-state index contributed by atoms with van der Waals surface area (Å²) >= 11 is 0. The summed E-state index contributed by atoms with van der Waals surface area (Å²) < 4.78 is 7.49. The molecule has 1 amide bonds. The number of nitrogens with zero attached hydrogens (tertiary/aromatic N) is 4. The molecular formula is C30H31N7O2. The van der Waals surface area contributed by atoms with E-state index in [9.17, 15) is 4.79 Å². The van der Waals surface area contributed by atoms with Crippen LogP contribution in [0.15, 0.2) is 78.9 Å². The van der Waals surface area contributed by atoms with E-state index in [4.69, 9.17) is 9.72 Å². The van der Waals surface area contributed by atoms with Gasteiger partial charge in [0.2, 0.25) is 0 Å². The third-order valence-corrected chi connectivity index (χ3v) is 7.17. The van der Waals surface area contributed by atoms with Crippen molar-refractivity contribution in [3.05, 3.63) is 84.4 Å². The molecule has 3 heterocycles. The average molecular weight is 522 g/mol. The van der Waals surface area contributed by atoms with Crippen molar-refractivity contribution >= 4 is 28.4 Å². The number of ether oxygens (including phenoxy) is 1. The van der Waals surface area contributed by atoms with Crippen molar-refractivity contribution < 1.29 is 9.53 Å². The van der Waals surface area contributed by atoms with Crippen LogP contribution in [-0.4, -0.2) is 63.8 Å². The number of piperidine rings is 1. The molecule has 1 fully saturated rings. The Morgan fingerprint density at radius 3 is 2.59 bits per heavy atom. The van der Waals surface area contributed by atoms with Gasteiger partial charge in [0.15, 0.2) is 11.6 Å². The minimum absolute atomic E-state index is 0.222. The second kappa shape index (κ2) is 10.6. The van der Waals surface area contributed by atoms with Crippen molar-refractivity contribution in [3.63, 3.8) is 0 Å². The highest BCUT2D eigenvalue weighted by molar-refractivity contribution is 6.04. The SMILES string of the molecule is COc1cccc(-n2c(-c3cc(NC(=O)c4ccc(NC5CCN(C)CC5)cc4)n[nH]3)nc3ccccc32)c1. The lowest BCUT2D eigenvalue weighted by Gasteiger charge is -2.30. The van der Waals surface area contributed by atoms with Gasteiger partial charge in [-0.05, 0) is 81.5 Å². The van der Waals surface area contributed by atoms with E-state index in [2.05, 4.69) is 32.8 Å². The Bertz CT molecular complexity index is 1600. The van der Waals surface area contributed by atoms with Crippen LogP contribution in [0.5, 0.6) is 5.75 Å². The number of hydrogen-bond acceptors (Lipinski definition) is 6. The summed E-state index contributed by atoms with van der Waals surface area (Å²) in [5.41, 5.74) is 4.99. The van der Waals surface area contributed by atoms with Gasteiger partial charge in [-0.3, -0.25) is 14.5 Å². The first-order valence-corrected chi connectivity index (χ1v) is 13.1. The van der Waals surface area contributed by atoms with E-state index in [0.717, 1.165) is 54.1 Å². The number of hydrogen-bond donors (Lipinski definition) is 3. The molecule has 0 unspecified atom stereocenters. The molecule has 0 bridgehead atoms. The summed E-state index contributed by atoms with van der Waals surface area (Å²) in [5, 5.41) is 13.9. The molecule has 9 nitrogen and oxygen atoms in total. The molecule has 198 valence electrons. The van der Waals surface area contributed by atoms with Crippen molar-refractivity contribution in [3.8, 4) is 23.0 Å². The highest BCUT2D eigenvalue weighted by Crippen LogP contribution is 2.30. The van der Waals surface area contributed by atoms with Crippen LogP contribution in [0.25, 0.3) is 28.2 Å². The number of aromatic amines is 1. The van der Waals surface area contributed by atoms with E-state index in [-0.39, 0.29) is 5.91 Å². The molecule has 0 radical (unpaired) electrons. The van der Waals surface area contributed by atoms with Crippen molar-refractivity contribution in [2.45, 2.75) is 18.9 Å². The fourth-order valence-electron chi connectivity index (χ4n) is 5.01. The van der Waals surface area contributed by atoms with Crippen molar-refractivity contribution in [2.24, 2.45) is 0 Å². The molecule has 3 N–H and O–H groups in total. The van der Waals surface area contributed by atoms with Gasteiger partial charge in [0.1, 0.15) is 11.4 Å². The maximum Gasteiger partial charge on any atom is 0.256 e. The number of para-hydroxylation sites is 2. The standard InChI is InChI=1S/C30H31N7O2/c1-36-16-14-22(15-17-36)31-21-12-10-20(11-13-21)30(38)33-28-19-26(34-35-28)29-32-25-8-3-4-9-27(25)37(29)23-6-5-7-24(18-23)39-2/h3-13,18-19,22,31H,14-17H2,1-2H3,(H2,33,34,35,38). The number of rotatable bonds is 7. The van der Waals surface area contributed by atoms with E-state index < -0.39 is 0 Å².